The van der Waals surface area contributed by atoms with Crippen molar-refractivity contribution in [3.05, 3.63) is 70.8 Å². The number of nitrogens with two attached hydrogens (primary N) is 1. The fraction of sp³-hybridized carbons (Fsp3) is 0.133. The quantitative estimate of drug-likeness (QED) is 0.875. The summed E-state index contributed by atoms with van der Waals surface area (Å²) in [4.78, 5) is 12.2. The van der Waals surface area contributed by atoms with Gasteiger partial charge >= 0.3 is 6.18 Å². The third-order valence-electron chi connectivity index (χ3n) is 2.93. The zero-order valence-corrected chi connectivity index (χ0v) is 10.4. The monoisotopic (exact) mass is 279 g/mol. The number of alkyl halides is 3. The van der Waals surface area contributed by atoms with Crippen molar-refractivity contribution in [1.82, 2.24) is 0 Å². The Morgan fingerprint density at radius 3 is 2.15 bits per heavy atom. The highest BCUT2D eigenvalue weighted by Crippen LogP contribution is 2.32. The average Bonchev–Trinajstić information content (AvgIpc) is 2.46. The number of ketones is 1. The molecule has 0 saturated carbocycles. The second kappa shape index (κ2) is 5.46. The van der Waals surface area contributed by atoms with Gasteiger partial charge in [0.05, 0.1) is 5.56 Å². The van der Waals surface area contributed by atoms with Crippen LogP contribution in [-0.4, -0.2) is 5.78 Å². The Morgan fingerprint density at radius 1 is 1.00 bits per heavy atom. The topological polar surface area (TPSA) is 43.1 Å². The molecular weight excluding hydrogens is 267 g/mol. The van der Waals surface area contributed by atoms with Gasteiger partial charge in [-0.2, -0.15) is 13.2 Å². The number of hydrogen-bond acceptors (Lipinski definition) is 2. The van der Waals surface area contributed by atoms with Crippen molar-refractivity contribution in [2.75, 3.05) is 0 Å². The van der Waals surface area contributed by atoms with Gasteiger partial charge in [0.2, 0.25) is 0 Å². The second-order valence-electron chi connectivity index (χ2n) is 4.27. The third kappa shape index (κ3) is 2.88. The predicted molar refractivity (Wildman–Crippen MR) is 69.2 cm³/mol. The number of halogens is 3. The first-order chi connectivity index (χ1) is 9.43. The second-order valence-corrected chi connectivity index (χ2v) is 4.27. The van der Waals surface area contributed by atoms with E-state index in [1.807, 2.05) is 0 Å². The van der Waals surface area contributed by atoms with E-state index in [0.717, 1.165) is 11.6 Å². The summed E-state index contributed by atoms with van der Waals surface area (Å²) in [5.74, 6) is -0.651. The van der Waals surface area contributed by atoms with Gasteiger partial charge in [-0.25, -0.2) is 0 Å². The highest BCUT2D eigenvalue weighted by Gasteiger charge is 2.34. The summed E-state index contributed by atoms with van der Waals surface area (Å²) in [6.45, 7) is 0.313. The van der Waals surface area contributed by atoms with Crippen molar-refractivity contribution in [2.24, 2.45) is 5.73 Å². The predicted octanol–water partition coefficient (Wildman–Crippen LogP) is 3.40. The Morgan fingerprint density at radius 2 is 1.60 bits per heavy atom. The van der Waals surface area contributed by atoms with Gasteiger partial charge in [-0.15, -0.1) is 0 Å². The molecule has 0 amide bonds. The maximum Gasteiger partial charge on any atom is 0.417 e. The molecule has 0 heterocycles. The molecule has 2 aromatic rings. The lowest BCUT2D eigenvalue weighted by Gasteiger charge is -2.11. The van der Waals surface area contributed by atoms with E-state index in [-0.39, 0.29) is 11.1 Å². The van der Waals surface area contributed by atoms with Gasteiger partial charge in [0.25, 0.3) is 0 Å². The summed E-state index contributed by atoms with van der Waals surface area (Å²) in [7, 11) is 0. The first kappa shape index (κ1) is 14.3. The fourth-order valence-corrected chi connectivity index (χ4v) is 1.88. The van der Waals surface area contributed by atoms with Crippen LogP contribution in [0.5, 0.6) is 0 Å². The van der Waals surface area contributed by atoms with Crippen LogP contribution < -0.4 is 5.73 Å². The molecule has 5 heteroatoms. The molecule has 0 aliphatic carbocycles. The first-order valence-electron chi connectivity index (χ1n) is 5.93. The fourth-order valence-electron chi connectivity index (χ4n) is 1.88. The minimum atomic E-state index is -4.55. The Labute approximate surface area is 114 Å². The number of carbonyl (C=O) groups excluding carboxylic acids is 1. The lowest BCUT2D eigenvalue weighted by Crippen LogP contribution is -2.13. The summed E-state index contributed by atoms with van der Waals surface area (Å²) in [6.07, 6.45) is -4.55. The number of rotatable bonds is 3. The average molecular weight is 279 g/mol. The molecule has 0 fully saturated rings. The lowest BCUT2D eigenvalue weighted by atomic mass is 9.97. The van der Waals surface area contributed by atoms with E-state index in [2.05, 4.69) is 0 Å². The van der Waals surface area contributed by atoms with Crippen LogP contribution in [-0.2, 0) is 12.7 Å². The summed E-state index contributed by atoms with van der Waals surface area (Å²) in [6, 6.07) is 11.0. The van der Waals surface area contributed by atoms with Crippen LogP contribution in [0.25, 0.3) is 0 Å². The van der Waals surface area contributed by atoms with Crippen molar-refractivity contribution >= 4 is 5.78 Å². The zero-order valence-electron chi connectivity index (χ0n) is 10.4. The standard InChI is InChI=1S/C15H12F3NO/c16-15(17,18)13-4-2-1-3-12(13)14(20)11-7-5-10(9-19)6-8-11/h1-8H,9,19H2. The zero-order chi connectivity index (χ0) is 14.8. The van der Waals surface area contributed by atoms with Crippen molar-refractivity contribution in [1.29, 1.82) is 0 Å². The van der Waals surface area contributed by atoms with Gasteiger partial charge in [-0.1, -0.05) is 42.5 Å². The molecule has 0 unspecified atom stereocenters. The van der Waals surface area contributed by atoms with E-state index < -0.39 is 17.5 Å². The van der Waals surface area contributed by atoms with E-state index in [9.17, 15) is 18.0 Å². The van der Waals surface area contributed by atoms with Crippen LogP contribution in [0.15, 0.2) is 48.5 Å². The number of hydrogen-bond donors (Lipinski definition) is 1. The van der Waals surface area contributed by atoms with Gasteiger partial charge in [0.15, 0.2) is 5.78 Å². The third-order valence-corrected chi connectivity index (χ3v) is 2.93. The van der Waals surface area contributed by atoms with Crippen LogP contribution in [0.3, 0.4) is 0 Å². The summed E-state index contributed by atoms with van der Waals surface area (Å²) < 4.78 is 38.6. The Bertz CT molecular complexity index is 618. The molecule has 20 heavy (non-hydrogen) atoms. The van der Waals surface area contributed by atoms with Crippen molar-refractivity contribution in [3.8, 4) is 0 Å². The van der Waals surface area contributed by atoms with Gasteiger partial charge in [0, 0.05) is 17.7 Å². The molecule has 0 aromatic heterocycles. The molecule has 0 aliphatic heterocycles. The molecule has 0 atom stereocenters. The summed E-state index contributed by atoms with van der Waals surface area (Å²) in [5.41, 5.74) is 5.18. The SMILES string of the molecule is NCc1ccc(C(=O)c2ccccc2C(F)(F)F)cc1. The lowest BCUT2D eigenvalue weighted by molar-refractivity contribution is -0.137. The van der Waals surface area contributed by atoms with E-state index in [1.165, 1.54) is 30.3 Å². The van der Waals surface area contributed by atoms with Crippen LogP contribution in [0.4, 0.5) is 13.2 Å². The Kier molecular flexibility index (Phi) is 3.90. The minimum Gasteiger partial charge on any atom is -0.326 e. The number of benzene rings is 2. The van der Waals surface area contributed by atoms with E-state index in [0.29, 0.717) is 6.54 Å². The molecule has 0 bridgehead atoms. The molecule has 2 rings (SSSR count). The summed E-state index contributed by atoms with van der Waals surface area (Å²) in [5, 5.41) is 0. The van der Waals surface area contributed by atoms with E-state index in [4.69, 9.17) is 5.73 Å². The van der Waals surface area contributed by atoms with Crippen LogP contribution in [0.2, 0.25) is 0 Å². The molecule has 2 aromatic carbocycles. The Hall–Kier alpha value is -2.14. The molecule has 0 radical (unpaired) electrons. The van der Waals surface area contributed by atoms with Crippen molar-refractivity contribution in [2.45, 2.75) is 12.7 Å². The van der Waals surface area contributed by atoms with Crippen LogP contribution in [0, 0.1) is 0 Å². The molecule has 104 valence electrons. The largest absolute Gasteiger partial charge is 0.417 e. The molecule has 0 saturated heterocycles. The highest BCUT2D eigenvalue weighted by atomic mass is 19.4. The number of carbonyl (C=O) groups is 1. The Balaban J connectivity index is 2.43. The summed E-state index contributed by atoms with van der Waals surface area (Å²) >= 11 is 0. The van der Waals surface area contributed by atoms with E-state index in [1.54, 1.807) is 12.1 Å². The molecule has 0 spiro atoms. The maximum atomic E-state index is 12.9. The molecular formula is C15H12F3NO. The minimum absolute atomic E-state index is 0.207. The maximum absolute atomic E-state index is 12.9. The molecule has 0 aliphatic rings. The normalized spacial score (nSPS) is 11.4. The first-order valence-corrected chi connectivity index (χ1v) is 5.93. The van der Waals surface area contributed by atoms with Gasteiger partial charge < -0.3 is 5.73 Å². The molecule has 2 nitrogen and oxygen atoms in total. The van der Waals surface area contributed by atoms with Crippen molar-refractivity contribution < 1.29 is 18.0 Å². The van der Waals surface area contributed by atoms with Gasteiger partial charge in [-0.3, -0.25) is 4.79 Å². The van der Waals surface area contributed by atoms with Crippen LogP contribution >= 0.6 is 0 Å². The van der Waals surface area contributed by atoms with E-state index >= 15 is 0 Å². The van der Waals surface area contributed by atoms with Gasteiger partial charge in [-0.05, 0) is 11.6 Å². The van der Waals surface area contributed by atoms with Crippen LogP contribution in [0.1, 0.15) is 27.0 Å². The highest BCUT2D eigenvalue weighted by molar-refractivity contribution is 6.10. The molecule has 2 N–H and O–H groups in total. The smallest absolute Gasteiger partial charge is 0.326 e. The van der Waals surface area contributed by atoms with Crippen molar-refractivity contribution in [3.63, 3.8) is 0 Å². The van der Waals surface area contributed by atoms with Gasteiger partial charge in [0.1, 0.15) is 0 Å².